The summed E-state index contributed by atoms with van der Waals surface area (Å²) >= 11 is 5.92. The molecule has 2 amide bonds. The SMILES string of the molecule is CCOc1ccc(NC(=O)CN2C(=O)C(c3ccc(Cl)cc3)=NC2(C)C)cc1. The van der Waals surface area contributed by atoms with Crippen molar-refractivity contribution >= 4 is 34.8 Å². The van der Waals surface area contributed by atoms with Crippen LogP contribution in [0.1, 0.15) is 26.3 Å². The Kier molecular flexibility index (Phi) is 5.70. The van der Waals surface area contributed by atoms with Crippen LogP contribution in [0.2, 0.25) is 5.02 Å². The van der Waals surface area contributed by atoms with E-state index >= 15 is 0 Å². The Hall–Kier alpha value is -2.86. The van der Waals surface area contributed by atoms with Crippen LogP contribution in [0.4, 0.5) is 5.69 Å². The Morgan fingerprint density at radius 1 is 1.14 bits per heavy atom. The third-order valence-electron chi connectivity index (χ3n) is 4.36. The lowest BCUT2D eigenvalue weighted by molar-refractivity contribution is -0.131. The molecule has 0 saturated carbocycles. The number of rotatable bonds is 6. The Morgan fingerprint density at radius 3 is 2.39 bits per heavy atom. The molecular weight excluding hydrogens is 378 g/mol. The second kappa shape index (κ2) is 8.02. The summed E-state index contributed by atoms with van der Waals surface area (Å²) in [6.07, 6.45) is 0. The average Bonchev–Trinajstić information content (AvgIpc) is 2.88. The molecule has 28 heavy (non-hydrogen) atoms. The van der Waals surface area contributed by atoms with E-state index in [0.29, 0.717) is 28.6 Å². The van der Waals surface area contributed by atoms with E-state index in [2.05, 4.69) is 10.3 Å². The zero-order valence-electron chi connectivity index (χ0n) is 16.0. The molecule has 6 nitrogen and oxygen atoms in total. The molecule has 0 spiro atoms. The van der Waals surface area contributed by atoms with Crippen molar-refractivity contribution in [1.29, 1.82) is 0 Å². The van der Waals surface area contributed by atoms with Gasteiger partial charge in [-0.05, 0) is 57.2 Å². The summed E-state index contributed by atoms with van der Waals surface area (Å²) in [5, 5.41) is 3.39. The molecule has 0 fully saturated rings. The van der Waals surface area contributed by atoms with Crippen LogP contribution in [0.15, 0.2) is 53.5 Å². The van der Waals surface area contributed by atoms with Gasteiger partial charge >= 0.3 is 0 Å². The first-order valence-electron chi connectivity index (χ1n) is 9.00. The quantitative estimate of drug-likeness (QED) is 0.804. The van der Waals surface area contributed by atoms with Gasteiger partial charge in [0.2, 0.25) is 5.91 Å². The number of halogens is 1. The Balaban J connectivity index is 1.69. The van der Waals surface area contributed by atoms with Crippen molar-refractivity contribution in [2.75, 3.05) is 18.5 Å². The van der Waals surface area contributed by atoms with Gasteiger partial charge in [0.25, 0.3) is 5.91 Å². The highest BCUT2D eigenvalue weighted by atomic mass is 35.5. The second-order valence-electron chi connectivity index (χ2n) is 6.86. The number of amides is 2. The molecule has 0 radical (unpaired) electrons. The van der Waals surface area contributed by atoms with Crippen LogP contribution in [0.5, 0.6) is 5.75 Å². The van der Waals surface area contributed by atoms with E-state index in [1.807, 2.05) is 6.92 Å². The molecule has 0 bridgehead atoms. The summed E-state index contributed by atoms with van der Waals surface area (Å²) in [6.45, 7) is 5.99. The van der Waals surface area contributed by atoms with E-state index in [1.54, 1.807) is 62.4 Å². The van der Waals surface area contributed by atoms with Crippen molar-refractivity contribution in [2.24, 2.45) is 4.99 Å². The van der Waals surface area contributed by atoms with E-state index in [4.69, 9.17) is 16.3 Å². The van der Waals surface area contributed by atoms with Gasteiger partial charge in [-0.2, -0.15) is 0 Å². The topological polar surface area (TPSA) is 71.0 Å². The predicted octanol–water partition coefficient (Wildman–Crippen LogP) is 3.74. The van der Waals surface area contributed by atoms with Crippen LogP contribution in [-0.4, -0.2) is 41.2 Å². The van der Waals surface area contributed by atoms with Crippen molar-refractivity contribution in [3.63, 3.8) is 0 Å². The predicted molar refractivity (Wildman–Crippen MR) is 110 cm³/mol. The highest BCUT2D eigenvalue weighted by molar-refractivity contribution is 6.47. The van der Waals surface area contributed by atoms with Crippen molar-refractivity contribution < 1.29 is 14.3 Å². The van der Waals surface area contributed by atoms with Gasteiger partial charge in [-0.15, -0.1) is 0 Å². The van der Waals surface area contributed by atoms with E-state index in [9.17, 15) is 9.59 Å². The summed E-state index contributed by atoms with van der Waals surface area (Å²) in [4.78, 5) is 31.4. The summed E-state index contributed by atoms with van der Waals surface area (Å²) in [6, 6.07) is 14.0. The molecule has 1 heterocycles. The molecule has 0 atom stereocenters. The molecule has 146 valence electrons. The molecule has 3 rings (SSSR count). The third kappa shape index (κ3) is 4.34. The zero-order valence-corrected chi connectivity index (χ0v) is 16.8. The number of carbonyl (C=O) groups is 2. The molecule has 7 heteroatoms. The summed E-state index contributed by atoms with van der Waals surface area (Å²) in [5.41, 5.74) is 0.826. The highest BCUT2D eigenvalue weighted by Crippen LogP contribution is 2.27. The Morgan fingerprint density at radius 2 is 1.79 bits per heavy atom. The van der Waals surface area contributed by atoms with Crippen molar-refractivity contribution in [3.05, 3.63) is 59.1 Å². The first kappa shape index (κ1) is 19.9. The number of anilines is 1. The smallest absolute Gasteiger partial charge is 0.275 e. The van der Waals surface area contributed by atoms with Crippen molar-refractivity contribution in [1.82, 2.24) is 4.90 Å². The van der Waals surface area contributed by atoms with Gasteiger partial charge in [-0.25, -0.2) is 0 Å². The molecular formula is C21H22ClN3O3. The standard InChI is InChI=1S/C21H22ClN3O3/c1-4-28-17-11-9-16(10-12-17)23-18(26)13-25-20(27)19(24-21(25,2)3)14-5-7-15(22)8-6-14/h5-12H,4,13H2,1-3H3,(H,23,26). The van der Waals surface area contributed by atoms with Crippen LogP contribution in [0.3, 0.4) is 0 Å². The molecule has 2 aromatic carbocycles. The lowest BCUT2D eigenvalue weighted by atomic mass is 10.1. The number of hydrogen-bond donors (Lipinski definition) is 1. The van der Waals surface area contributed by atoms with Gasteiger partial charge < -0.3 is 15.0 Å². The summed E-state index contributed by atoms with van der Waals surface area (Å²) in [5.74, 6) is 0.157. The van der Waals surface area contributed by atoms with E-state index in [0.717, 1.165) is 5.75 Å². The fourth-order valence-electron chi connectivity index (χ4n) is 2.96. The number of nitrogens with zero attached hydrogens (tertiary/aromatic N) is 2. The summed E-state index contributed by atoms with van der Waals surface area (Å²) < 4.78 is 5.39. The van der Waals surface area contributed by atoms with Crippen molar-refractivity contribution in [2.45, 2.75) is 26.4 Å². The maximum absolute atomic E-state index is 12.9. The first-order valence-corrected chi connectivity index (χ1v) is 9.38. The van der Waals surface area contributed by atoms with Gasteiger partial charge in [0.15, 0.2) is 0 Å². The van der Waals surface area contributed by atoms with Gasteiger partial charge in [-0.1, -0.05) is 23.7 Å². The molecule has 1 aliphatic rings. The maximum Gasteiger partial charge on any atom is 0.275 e. The molecule has 1 aliphatic heterocycles. The van der Waals surface area contributed by atoms with Gasteiger partial charge in [0.05, 0.1) is 6.61 Å². The van der Waals surface area contributed by atoms with E-state index in [-0.39, 0.29) is 18.4 Å². The number of benzene rings is 2. The van der Waals surface area contributed by atoms with Crippen LogP contribution in [-0.2, 0) is 9.59 Å². The number of aliphatic imine (C=N–C) groups is 1. The largest absolute Gasteiger partial charge is 0.494 e. The fourth-order valence-corrected chi connectivity index (χ4v) is 3.09. The minimum absolute atomic E-state index is 0.0976. The molecule has 0 aliphatic carbocycles. The lowest BCUT2D eigenvalue weighted by Crippen LogP contribution is -2.46. The molecule has 0 unspecified atom stereocenters. The Labute approximate surface area is 169 Å². The Bertz CT molecular complexity index is 905. The third-order valence-corrected chi connectivity index (χ3v) is 4.61. The maximum atomic E-state index is 12.9. The average molecular weight is 400 g/mol. The van der Waals surface area contributed by atoms with Crippen LogP contribution in [0.25, 0.3) is 0 Å². The van der Waals surface area contributed by atoms with Crippen LogP contribution >= 0.6 is 11.6 Å². The minimum Gasteiger partial charge on any atom is -0.494 e. The van der Waals surface area contributed by atoms with Gasteiger partial charge in [0, 0.05) is 16.3 Å². The summed E-state index contributed by atoms with van der Waals surface area (Å²) in [7, 11) is 0. The number of nitrogens with one attached hydrogen (secondary N) is 1. The number of carbonyl (C=O) groups excluding carboxylic acids is 2. The monoisotopic (exact) mass is 399 g/mol. The van der Waals surface area contributed by atoms with Crippen LogP contribution < -0.4 is 10.1 Å². The van der Waals surface area contributed by atoms with Crippen LogP contribution in [0, 0.1) is 0 Å². The zero-order chi connectivity index (χ0) is 20.3. The first-order chi connectivity index (χ1) is 13.3. The van der Waals surface area contributed by atoms with E-state index < -0.39 is 5.66 Å². The van der Waals surface area contributed by atoms with Gasteiger partial charge in [-0.3, -0.25) is 14.6 Å². The second-order valence-corrected chi connectivity index (χ2v) is 7.30. The van der Waals surface area contributed by atoms with Crippen molar-refractivity contribution in [3.8, 4) is 5.75 Å². The molecule has 1 N–H and O–H groups in total. The fraction of sp³-hybridized carbons (Fsp3) is 0.286. The number of ether oxygens (including phenoxy) is 1. The normalized spacial score (nSPS) is 15.4. The van der Waals surface area contributed by atoms with Gasteiger partial charge in [0.1, 0.15) is 23.7 Å². The number of hydrogen-bond acceptors (Lipinski definition) is 4. The molecule has 0 aromatic heterocycles. The molecule has 2 aromatic rings. The van der Waals surface area contributed by atoms with E-state index in [1.165, 1.54) is 4.90 Å². The highest BCUT2D eigenvalue weighted by Gasteiger charge is 2.41. The lowest BCUT2D eigenvalue weighted by Gasteiger charge is -2.28. The molecule has 0 saturated heterocycles. The minimum atomic E-state index is -0.817.